The van der Waals surface area contributed by atoms with Crippen LogP contribution < -0.4 is 0 Å². The first kappa shape index (κ1) is 11.3. The fourth-order valence-corrected chi connectivity index (χ4v) is 0. The van der Waals surface area contributed by atoms with Crippen molar-refractivity contribution in [3.8, 4) is 0 Å². The molecule has 0 aromatic heterocycles. The molecule has 0 nitrogen and oxygen atoms in total. The Hall–Kier alpha value is 0.516. The molecule has 0 saturated heterocycles. The zero-order valence-electron chi connectivity index (χ0n) is 4.05. The second-order valence-corrected chi connectivity index (χ2v) is 2.87. The summed E-state index contributed by atoms with van der Waals surface area (Å²) in [6.07, 6.45) is 0. The standard InChI is InChI=1S/Co.F6P/c;1-7(2,3,4,5)6/q;-1/p+1. The minimum Gasteiger partial charge on any atom is 0 e. The van der Waals surface area contributed by atoms with Crippen molar-refractivity contribution in [2.45, 2.75) is 0 Å². The van der Waals surface area contributed by atoms with Crippen molar-refractivity contribution in [3.63, 3.8) is 0 Å². The van der Waals surface area contributed by atoms with Crippen LogP contribution in [0.1, 0.15) is 1.43 Å². The van der Waals surface area contributed by atoms with Crippen molar-refractivity contribution in [2.24, 2.45) is 0 Å². The molecule has 0 aromatic carbocycles. The van der Waals surface area contributed by atoms with Gasteiger partial charge in [-0.2, -0.15) is 0 Å². The van der Waals surface area contributed by atoms with Crippen molar-refractivity contribution in [2.75, 3.05) is 0 Å². The molecule has 8 heteroatoms. The monoisotopic (exact) mass is 205 g/mol. The van der Waals surface area contributed by atoms with E-state index in [0.29, 0.717) is 0 Å². The van der Waals surface area contributed by atoms with E-state index < -0.39 is 7.81 Å². The Kier molecular flexibility index (Phi) is 1.88. The number of rotatable bonds is 0. The molecule has 0 bridgehead atoms. The van der Waals surface area contributed by atoms with Gasteiger partial charge in [0.15, 0.2) is 0 Å². The third-order valence-corrected chi connectivity index (χ3v) is 0. The molecule has 0 amide bonds. The molecule has 57 valence electrons. The Morgan fingerprint density at radius 3 is 0.750 bits per heavy atom. The van der Waals surface area contributed by atoms with E-state index in [1.807, 2.05) is 0 Å². The first-order valence-electron chi connectivity index (χ1n) is 1.01. The van der Waals surface area contributed by atoms with Gasteiger partial charge in [-0.05, 0) is 0 Å². The summed E-state index contributed by atoms with van der Waals surface area (Å²) in [6.45, 7) is 0. The summed E-state index contributed by atoms with van der Waals surface area (Å²) >= 11 is 0. The maximum atomic E-state index is 9.87. The molecule has 8 heavy (non-hydrogen) atoms. The SMILES string of the molecule is F[P-](F)(F)(F)(F)F.[Co].[H+]. The smallest absolute Gasteiger partial charge is 0 e. The quantitative estimate of drug-likeness (QED) is 0.419. The number of halogens is 6. The van der Waals surface area contributed by atoms with E-state index in [1.165, 1.54) is 0 Å². The van der Waals surface area contributed by atoms with E-state index in [1.54, 1.807) is 0 Å². The summed E-state index contributed by atoms with van der Waals surface area (Å²) in [7, 11) is -10.7. The summed E-state index contributed by atoms with van der Waals surface area (Å²) in [4.78, 5) is 0. The van der Waals surface area contributed by atoms with Gasteiger partial charge in [0.1, 0.15) is 0 Å². The van der Waals surface area contributed by atoms with E-state index in [2.05, 4.69) is 0 Å². The van der Waals surface area contributed by atoms with Crippen LogP contribution in [0.25, 0.3) is 0 Å². The fraction of sp³-hybridized carbons (Fsp3) is 0. The van der Waals surface area contributed by atoms with E-state index in [-0.39, 0.29) is 18.2 Å². The maximum Gasteiger partial charge on any atom is 1.00 e. The van der Waals surface area contributed by atoms with Gasteiger partial charge >= 0.3 is 34.4 Å². The molecule has 0 fully saturated rings. The molecular formula is HCoF6P. The number of hydrogen-bond donors (Lipinski definition) is 0. The molecular weight excluding hydrogens is 204 g/mol. The van der Waals surface area contributed by atoms with E-state index in [0.717, 1.165) is 0 Å². The molecule has 0 heterocycles. The molecule has 1 radical (unpaired) electrons. The Bertz CT molecular complexity index is 71.6. The van der Waals surface area contributed by atoms with Crippen LogP contribution in [0.4, 0.5) is 25.2 Å². The molecule has 0 saturated carbocycles. The molecule has 0 aliphatic carbocycles. The van der Waals surface area contributed by atoms with Gasteiger partial charge in [0.25, 0.3) is 0 Å². The van der Waals surface area contributed by atoms with Crippen molar-refractivity contribution < 1.29 is 43.4 Å². The van der Waals surface area contributed by atoms with Gasteiger partial charge in [-0.1, -0.05) is 0 Å². The first-order chi connectivity index (χ1) is 2.45. The average molecular weight is 205 g/mol. The minimum atomic E-state index is -10.7. The molecule has 0 spiro atoms. The summed E-state index contributed by atoms with van der Waals surface area (Å²) in [5.41, 5.74) is 0. The maximum absolute atomic E-state index is 10.7. The Balaban J connectivity index is -0.000000180. The molecule has 0 aromatic rings. The van der Waals surface area contributed by atoms with Gasteiger partial charge in [-0.15, -0.1) is 0 Å². The van der Waals surface area contributed by atoms with Crippen LogP contribution in [0.2, 0.25) is 0 Å². The van der Waals surface area contributed by atoms with Crippen molar-refractivity contribution in [1.82, 2.24) is 0 Å². The molecule has 0 N–H and O–H groups in total. The van der Waals surface area contributed by atoms with Gasteiger partial charge in [0, 0.05) is 16.8 Å². The van der Waals surface area contributed by atoms with Crippen molar-refractivity contribution >= 4 is 7.81 Å². The summed E-state index contributed by atoms with van der Waals surface area (Å²) in [5, 5.41) is 0. The molecule has 0 aliphatic heterocycles. The average Bonchev–Trinajstić information content (AvgIpc) is 0.592. The van der Waals surface area contributed by atoms with Crippen LogP contribution in [-0.2, 0) is 16.8 Å². The van der Waals surface area contributed by atoms with Gasteiger partial charge in [0.2, 0.25) is 0 Å². The molecule has 0 aliphatic rings. The zero-order valence-corrected chi connectivity index (χ0v) is 4.98. The molecule has 0 unspecified atom stereocenters. The van der Waals surface area contributed by atoms with Crippen LogP contribution in [0.5, 0.6) is 0 Å². The predicted molar refractivity (Wildman–Crippen MR) is 14.7 cm³/mol. The van der Waals surface area contributed by atoms with E-state index >= 15 is 0 Å². The Morgan fingerprint density at radius 1 is 0.750 bits per heavy atom. The van der Waals surface area contributed by atoms with Crippen LogP contribution >= 0.6 is 7.81 Å². The Labute approximate surface area is 52.2 Å². The molecule has 0 atom stereocenters. The van der Waals surface area contributed by atoms with Crippen LogP contribution in [0.15, 0.2) is 0 Å². The summed E-state index contributed by atoms with van der Waals surface area (Å²) in [5.74, 6) is 0. The van der Waals surface area contributed by atoms with Gasteiger partial charge in [-0.25, -0.2) is 0 Å². The van der Waals surface area contributed by atoms with Crippen molar-refractivity contribution in [1.29, 1.82) is 0 Å². The van der Waals surface area contributed by atoms with Crippen molar-refractivity contribution in [3.05, 3.63) is 0 Å². The second kappa shape index (κ2) is 1.33. The second-order valence-electron chi connectivity index (χ2n) is 0.958. The zero-order chi connectivity index (χ0) is 6.41. The van der Waals surface area contributed by atoms with Crippen LogP contribution in [0, 0.1) is 0 Å². The third-order valence-electron chi connectivity index (χ3n) is 0. The predicted octanol–water partition coefficient (Wildman–Crippen LogP) is 3.49. The topological polar surface area (TPSA) is 0 Å². The van der Waals surface area contributed by atoms with Crippen LogP contribution in [-0.4, -0.2) is 0 Å². The first-order valence-corrected chi connectivity index (χ1v) is 3.04. The minimum absolute atomic E-state index is 0. The van der Waals surface area contributed by atoms with Gasteiger partial charge in [-0.3, -0.25) is 0 Å². The fourth-order valence-electron chi connectivity index (χ4n) is 0. The van der Waals surface area contributed by atoms with E-state index in [4.69, 9.17) is 0 Å². The summed E-state index contributed by atoms with van der Waals surface area (Å²) < 4.78 is 59.2. The normalized spacial score (nSPS) is 20.2. The van der Waals surface area contributed by atoms with Crippen LogP contribution in [0.3, 0.4) is 0 Å². The summed E-state index contributed by atoms with van der Waals surface area (Å²) in [6, 6.07) is 0. The Morgan fingerprint density at radius 2 is 0.750 bits per heavy atom. The number of hydrogen-bond acceptors (Lipinski definition) is 0. The van der Waals surface area contributed by atoms with Gasteiger partial charge < -0.3 is 0 Å². The molecule has 0 rings (SSSR count). The third kappa shape index (κ3) is 743. The van der Waals surface area contributed by atoms with E-state index in [9.17, 15) is 25.2 Å². The van der Waals surface area contributed by atoms with Gasteiger partial charge in [0.05, 0.1) is 0 Å². The largest absolute Gasteiger partial charge is 1.00 e.